The van der Waals surface area contributed by atoms with Crippen molar-refractivity contribution >= 4 is 27.5 Å². The standard InChI is InChI=1S/C14H19BrN2O2/c1-19-13-7-6-9(8-11(13)15)17-14(18)10-4-2-3-5-12(10)16/h6-8,10,12H,2-5,16H2,1H3,(H,17,18). The van der Waals surface area contributed by atoms with Gasteiger partial charge in [-0.1, -0.05) is 12.8 Å². The Morgan fingerprint density at radius 1 is 1.42 bits per heavy atom. The van der Waals surface area contributed by atoms with Crippen molar-refractivity contribution in [3.8, 4) is 5.75 Å². The lowest BCUT2D eigenvalue weighted by molar-refractivity contribution is -0.121. The molecule has 2 rings (SSSR count). The van der Waals surface area contributed by atoms with Crippen LogP contribution in [0, 0.1) is 5.92 Å². The first kappa shape index (κ1) is 14.3. The Bertz CT molecular complexity index is 465. The lowest BCUT2D eigenvalue weighted by atomic mass is 9.84. The fourth-order valence-electron chi connectivity index (χ4n) is 2.46. The number of rotatable bonds is 3. The molecule has 0 saturated heterocycles. The topological polar surface area (TPSA) is 64.3 Å². The number of carbonyl (C=O) groups excluding carboxylic acids is 1. The van der Waals surface area contributed by atoms with Gasteiger partial charge in [0.15, 0.2) is 0 Å². The summed E-state index contributed by atoms with van der Waals surface area (Å²) in [6, 6.07) is 5.47. The zero-order valence-corrected chi connectivity index (χ0v) is 12.6. The zero-order chi connectivity index (χ0) is 13.8. The smallest absolute Gasteiger partial charge is 0.229 e. The molecule has 0 bridgehead atoms. The molecule has 0 spiro atoms. The molecule has 0 aliphatic heterocycles. The largest absolute Gasteiger partial charge is 0.496 e. The number of hydrogen-bond acceptors (Lipinski definition) is 3. The number of anilines is 1. The van der Waals surface area contributed by atoms with Gasteiger partial charge in [0.1, 0.15) is 5.75 Å². The Morgan fingerprint density at radius 2 is 2.16 bits per heavy atom. The number of nitrogens with two attached hydrogens (primary N) is 1. The van der Waals surface area contributed by atoms with Crippen LogP contribution >= 0.6 is 15.9 Å². The Labute approximate surface area is 121 Å². The second-order valence-electron chi connectivity index (χ2n) is 4.89. The minimum Gasteiger partial charge on any atom is -0.496 e. The highest BCUT2D eigenvalue weighted by molar-refractivity contribution is 9.10. The summed E-state index contributed by atoms with van der Waals surface area (Å²) in [5.41, 5.74) is 6.78. The maximum absolute atomic E-state index is 12.2. The van der Waals surface area contributed by atoms with Gasteiger partial charge >= 0.3 is 0 Å². The Hall–Kier alpha value is -1.07. The van der Waals surface area contributed by atoms with E-state index in [0.29, 0.717) is 0 Å². The van der Waals surface area contributed by atoms with Crippen molar-refractivity contribution in [1.29, 1.82) is 0 Å². The predicted molar refractivity (Wildman–Crippen MR) is 79.3 cm³/mol. The number of halogens is 1. The molecule has 19 heavy (non-hydrogen) atoms. The molecule has 1 aromatic rings. The number of carbonyl (C=O) groups is 1. The fraction of sp³-hybridized carbons (Fsp3) is 0.500. The summed E-state index contributed by atoms with van der Waals surface area (Å²) in [5, 5.41) is 2.93. The average molecular weight is 327 g/mol. The minimum atomic E-state index is -0.0744. The van der Waals surface area contributed by atoms with Crippen LogP contribution in [0.3, 0.4) is 0 Å². The van der Waals surface area contributed by atoms with E-state index in [9.17, 15) is 4.79 Å². The Morgan fingerprint density at radius 3 is 2.79 bits per heavy atom. The Kier molecular flexibility index (Phi) is 4.82. The quantitative estimate of drug-likeness (QED) is 0.897. The van der Waals surface area contributed by atoms with Gasteiger partial charge in [0.2, 0.25) is 5.91 Å². The van der Waals surface area contributed by atoms with Crippen molar-refractivity contribution in [2.24, 2.45) is 11.7 Å². The van der Waals surface area contributed by atoms with Crippen molar-refractivity contribution in [2.75, 3.05) is 12.4 Å². The molecule has 1 amide bonds. The van der Waals surface area contributed by atoms with Crippen molar-refractivity contribution in [3.63, 3.8) is 0 Å². The van der Waals surface area contributed by atoms with E-state index >= 15 is 0 Å². The highest BCUT2D eigenvalue weighted by atomic mass is 79.9. The van der Waals surface area contributed by atoms with Gasteiger partial charge in [0, 0.05) is 11.7 Å². The SMILES string of the molecule is COc1ccc(NC(=O)C2CCCCC2N)cc1Br. The van der Waals surface area contributed by atoms with Gasteiger partial charge in [-0.15, -0.1) is 0 Å². The number of hydrogen-bond donors (Lipinski definition) is 2. The van der Waals surface area contributed by atoms with Gasteiger partial charge in [0.25, 0.3) is 0 Å². The molecule has 1 fully saturated rings. The van der Waals surface area contributed by atoms with E-state index < -0.39 is 0 Å². The molecule has 0 radical (unpaired) electrons. The first-order chi connectivity index (χ1) is 9.11. The fourth-order valence-corrected chi connectivity index (χ4v) is 3.00. The molecule has 2 unspecified atom stereocenters. The van der Waals surface area contributed by atoms with Crippen molar-refractivity contribution in [2.45, 2.75) is 31.7 Å². The highest BCUT2D eigenvalue weighted by Crippen LogP contribution is 2.29. The molecule has 1 aliphatic carbocycles. The summed E-state index contributed by atoms with van der Waals surface area (Å²) in [6.07, 6.45) is 4.02. The summed E-state index contributed by atoms with van der Waals surface area (Å²) in [5.74, 6) is 0.686. The van der Waals surface area contributed by atoms with Crippen molar-refractivity contribution < 1.29 is 9.53 Å². The van der Waals surface area contributed by atoms with Crippen LogP contribution < -0.4 is 15.8 Å². The lowest BCUT2D eigenvalue weighted by Crippen LogP contribution is -2.40. The number of amides is 1. The third kappa shape index (κ3) is 3.48. The molecule has 1 aliphatic rings. The number of ether oxygens (including phenoxy) is 1. The third-order valence-corrected chi connectivity index (χ3v) is 4.20. The predicted octanol–water partition coefficient (Wildman–Crippen LogP) is 2.91. The second-order valence-corrected chi connectivity index (χ2v) is 5.75. The van der Waals surface area contributed by atoms with E-state index in [0.717, 1.165) is 41.6 Å². The van der Waals surface area contributed by atoms with Crippen LogP contribution in [0.25, 0.3) is 0 Å². The molecule has 1 saturated carbocycles. The summed E-state index contributed by atoms with van der Waals surface area (Å²) in [6.45, 7) is 0. The van der Waals surface area contributed by atoms with Crippen LogP contribution in [0.15, 0.2) is 22.7 Å². The first-order valence-corrected chi connectivity index (χ1v) is 7.31. The van der Waals surface area contributed by atoms with Gasteiger partial charge in [0.05, 0.1) is 17.5 Å². The molecule has 0 heterocycles. The summed E-state index contributed by atoms with van der Waals surface area (Å²) >= 11 is 3.40. The maximum Gasteiger partial charge on any atom is 0.229 e. The highest BCUT2D eigenvalue weighted by Gasteiger charge is 2.28. The van der Waals surface area contributed by atoms with Crippen LogP contribution in [0.5, 0.6) is 5.75 Å². The normalized spacial score (nSPS) is 22.9. The van der Waals surface area contributed by atoms with Gasteiger partial charge in [-0.25, -0.2) is 0 Å². The molecular formula is C14H19BrN2O2. The van der Waals surface area contributed by atoms with Gasteiger partial charge < -0.3 is 15.8 Å². The summed E-state index contributed by atoms with van der Waals surface area (Å²) in [4.78, 5) is 12.2. The third-order valence-electron chi connectivity index (χ3n) is 3.58. The van der Waals surface area contributed by atoms with Crippen LogP contribution in [0.2, 0.25) is 0 Å². The minimum absolute atomic E-state index is 0.0178. The summed E-state index contributed by atoms with van der Waals surface area (Å²) in [7, 11) is 1.61. The van der Waals surface area contributed by atoms with E-state index in [1.165, 1.54) is 0 Å². The van der Waals surface area contributed by atoms with Crippen LogP contribution in [0.4, 0.5) is 5.69 Å². The van der Waals surface area contributed by atoms with Gasteiger partial charge in [-0.05, 0) is 47.0 Å². The first-order valence-electron chi connectivity index (χ1n) is 6.52. The maximum atomic E-state index is 12.2. The monoisotopic (exact) mass is 326 g/mol. The molecule has 3 N–H and O–H groups in total. The molecular weight excluding hydrogens is 308 g/mol. The number of nitrogens with one attached hydrogen (secondary N) is 1. The van der Waals surface area contributed by atoms with Crippen molar-refractivity contribution in [3.05, 3.63) is 22.7 Å². The van der Waals surface area contributed by atoms with E-state index in [2.05, 4.69) is 21.2 Å². The lowest BCUT2D eigenvalue weighted by Gasteiger charge is -2.27. The van der Waals surface area contributed by atoms with Gasteiger partial charge in [-0.3, -0.25) is 4.79 Å². The zero-order valence-electron chi connectivity index (χ0n) is 11.0. The molecule has 0 aromatic heterocycles. The van der Waals surface area contributed by atoms with Gasteiger partial charge in [-0.2, -0.15) is 0 Å². The number of methoxy groups -OCH3 is 1. The summed E-state index contributed by atoms with van der Waals surface area (Å²) < 4.78 is 5.98. The molecule has 4 nitrogen and oxygen atoms in total. The van der Waals surface area contributed by atoms with E-state index in [1.807, 2.05) is 18.2 Å². The van der Waals surface area contributed by atoms with Crippen molar-refractivity contribution in [1.82, 2.24) is 0 Å². The van der Waals surface area contributed by atoms with Crippen LogP contribution in [-0.2, 0) is 4.79 Å². The Balaban J connectivity index is 2.04. The molecule has 5 heteroatoms. The average Bonchev–Trinajstić information content (AvgIpc) is 2.39. The molecule has 104 valence electrons. The van der Waals surface area contributed by atoms with E-state index in [4.69, 9.17) is 10.5 Å². The van der Waals surface area contributed by atoms with E-state index in [-0.39, 0.29) is 17.9 Å². The van der Waals surface area contributed by atoms with E-state index in [1.54, 1.807) is 7.11 Å². The van der Waals surface area contributed by atoms with Crippen LogP contribution in [-0.4, -0.2) is 19.1 Å². The second kappa shape index (κ2) is 6.39. The molecule has 1 aromatic carbocycles. The van der Waals surface area contributed by atoms with Crippen LogP contribution in [0.1, 0.15) is 25.7 Å². The molecule has 2 atom stereocenters. The number of benzene rings is 1.